The van der Waals surface area contributed by atoms with Gasteiger partial charge in [0, 0.05) is 49.4 Å². The van der Waals surface area contributed by atoms with E-state index in [1.807, 2.05) is 30.5 Å². The average molecular weight is 261 g/mol. The van der Waals surface area contributed by atoms with Gasteiger partial charge in [-0.3, -0.25) is 4.79 Å². The number of methoxy groups -OCH3 is 1. The van der Waals surface area contributed by atoms with Gasteiger partial charge in [-0.15, -0.1) is 0 Å². The molecule has 0 aliphatic rings. The van der Waals surface area contributed by atoms with Crippen molar-refractivity contribution in [2.24, 2.45) is 0 Å². The van der Waals surface area contributed by atoms with E-state index < -0.39 is 0 Å². The first-order chi connectivity index (χ1) is 9.31. The molecule has 0 aliphatic heterocycles. The summed E-state index contributed by atoms with van der Waals surface area (Å²) in [4.78, 5) is 15.0. The zero-order chi connectivity index (χ0) is 13.5. The minimum atomic E-state index is -0.0448. The summed E-state index contributed by atoms with van der Waals surface area (Å²) >= 11 is 0. The van der Waals surface area contributed by atoms with Crippen LogP contribution < -0.4 is 10.6 Å². The Morgan fingerprint density at radius 2 is 2.16 bits per heavy atom. The molecular weight excluding hydrogens is 242 g/mol. The second-order valence-electron chi connectivity index (χ2n) is 4.28. The molecule has 1 amide bonds. The highest BCUT2D eigenvalue weighted by molar-refractivity contribution is 5.98. The number of rotatable bonds is 7. The third-order valence-electron chi connectivity index (χ3n) is 2.89. The number of hydrogen-bond donors (Lipinski definition) is 3. The number of fused-ring (bicyclic) bond motifs is 1. The van der Waals surface area contributed by atoms with Crippen molar-refractivity contribution in [3.63, 3.8) is 0 Å². The summed E-state index contributed by atoms with van der Waals surface area (Å²) < 4.78 is 4.92. The fourth-order valence-electron chi connectivity index (χ4n) is 1.86. The summed E-state index contributed by atoms with van der Waals surface area (Å²) in [6.07, 6.45) is 1.87. The Balaban J connectivity index is 1.79. The molecule has 1 aromatic carbocycles. The number of benzene rings is 1. The lowest BCUT2D eigenvalue weighted by Crippen LogP contribution is -2.33. The standard InChI is InChI=1S/C14H19N3O2/c1-19-9-8-15-6-7-17-14(18)12-2-3-13-11(10-12)4-5-16-13/h2-5,10,15-16H,6-9H2,1H3,(H,17,18). The Kier molecular flexibility index (Phi) is 4.94. The maximum absolute atomic E-state index is 11.9. The molecule has 0 bridgehead atoms. The third kappa shape index (κ3) is 3.81. The van der Waals surface area contributed by atoms with Crippen molar-refractivity contribution in [3.8, 4) is 0 Å². The van der Waals surface area contributed by atoms with Gasteiger partial charge in [-0.1, -0.05) is 0 Å². The maximum Gasteiger partial charge on any atom is 0.251 e. The van der Waals surface area contributed by atoms with Crippen molar-refractivity contribution in [1.82, 2.24) is 15.6 Å². The quantitative estimate of drug-likeness (QED) is 0.655. The van der Waals surface area contributed by atoms with Crippen molar-refractivity contribution >= 4 is 16.8 Å². The molecule has 5 heteroatoms. The van der Waals surface area contributed by atoms with E-state index in [-0.39, 0.29) is 5.91 Å². The second kappa shape index (κ2) is 6.92. The van der Waals surface area contributed by atoms with Crippen LogP contribution in [-0.2, 0) is 4.74 Å². The predicted octanol–water partition coefficient (Wildman–Crippen LogP) is 1.13. The molecule has 0 saturated heterocycles. The van der Waals surface area contributed by atoms with Crippen LogP contribution in [0.4, 0.5) is 0 Å². The van der Waals surface area contributed by atoms with E-state index >= 15 is 0 Å². The first kappa shape index (κ1) is 13.6. The number of hydrogen-bond acceptors (Lipinski definition) is 3. The molecule has 0 saturated carbocycles. The van der Waals surface area contributed by atoms with Gasteiger partial charge < -0.3 is 20.4 Å². The van der Waals surface area contributed by atoms with E-state index in [1.54, 1.807) is 7.11 Å². The van der Waals surface area contributed by atoms with Crippen molar-refractivity contribution < 1.29 is 9.53 Å². The van der Waals surface area contributed by atoms with E-state index in [0.717, 1.165) is 24.0 Å². The van der Waals surface area contributed by atoms with Gasteiger partial charge in [-0.2, -0.15) is 0 Å². The second-order valence-corrected chi connectivity index (χ2v) is 4.28. The van der Waals surface area contributed by atoms with Gasteiger partial charge in [0.25, 0.3) is 5.91 Å². The molecule has 2 rings (SSSR count). The van der Waals surface area contributed by atoms with Crippen LogP contribution in [0.3, 0.4) is 0 Å². The molecule has 102 valence electrons. The fraction of sp³-hybridized carbons (Fsp3) is 0.357. The summed E-state index contributed by atoms with van der Waals surface area (Å²) in [5.41, 5.74) is 1.72. The fourth-order valence-corrected chi connectivity index (χ4v) is 1.86. The zero-order valence-electron chi connectivity index (χ0n) is 11.0. The number of amides is 1. The van der Waals surface area contributed by atoms with Crippen LogP contribution in [0.15, 0.2) is 30.5 Å². The van der Waals surface area contributed by atoms with Crippen LogP contribution in [0.1, 0.15) is 10.4 Å². The normalized spacial score (nSPS) is 10.8. The Morgan fingerprint density at radius 3 is 3.00 bits per heavy atom. The number of aromatic nitrogens is 1. The molecule has 0 aliphatic carbocycles. The lowest BCUT2D eigenvalue weighted by Gasteiger charge is -2.06. The number of aromatic amines is 1. The first-order valence-electron chi connectivity index (χ1n) is 6.36. The first-order valence-corrected chi connectivity index (χ1v) is 6.36. The molecule has 0 atom stereocenters. The Hall–Kier alpha value is -1.85. The lowest BCUT2D eigenvalue weighted by molar-refractivity contribution is 0.0954. The highest BCUT2D eigenvalue weighted by Gasteiger charge is 2.05. The SMILES string of the molecule is COCCNCCNC(=O)c1ccc2[nH]ccc2c1. The third-order valence-corrected chi connectivity index (χ3v) is 2.89. The summed E-state index contributed by atoms with van der Waals surface area (Å²) in [7, 11) is 1.67. The van der Waals surface area contributed by atoms with Gasteiger partial charge >= 0.3 is 0 Å². The van der Waals surface area contributed by atoms with Crippen LogP contribution in [0.2, 0.25) is 0 Å². The van der Waals surface area contributed by atoms with Gasteiger partial charge in [0.2, 0.25) is 0 Å². The Labute approximate surface area is 112 Å². The smallest absolute Gasteiger partial charge is 0.251 e. The van der Waals surface area contributed by atoms with E-state index in [0.29, 0.717) is 18.7 Å². The number of ether oxygens (including phenoxy) is 1. The van der Waals surface area contributed by atoms with Gasteiger partial charge in [0.15, 0.2) is 0 Å². The zero-order valence-corrected chi connectivity index (χ0v) is 11.0. The molecule has 0 fully saturated rings. The van der Waals surface area contributed by atoms with Gasteiger partial charge in [0.05, 0.1) is 6.61 Å². The van der Waals surface area contributed by atoms with E-state index in [4.69, 9.17) is 4.74 Å². The van der Waals surface area contributed by atoms with Crippen LogP contribution in [0.25, 0.3) is 10.9 Å². The maximum atomic E-state index is 11.9. The molecule has 0 radical (unpaired) electrons. The summed E-state index contributed by atoms with van der Waals surface area (Å²) in [6.45, 7) is 2.81. The topological polar surface area (TPSA) is 66.2 Å². The highest BCUT2D eigenvalue weighted by Crippen LogP contribution is 2.13. The molecule has 1 heterocycles. The van der Waals surface area contributed by atoms with Crippen molar-refractivity contribution in [3.05, 3.63) is 36.0 Å². The minimum Gasteiger partial charge on any atom is -0.383 e. The molecule has 19 heavy (non-hydrogen) atoms. The highest BCUT2D eigenvalue weighted by atomic mass is 16.5. The Morgan fingerprint density at radius 1 is 1.26 bits per heavy atom. The number of H-pyrrole nitrogens is 1. The van der Waals surface area contributed by atoms with E-state index in [9.17, 15) is 4.79 Å². The largest absolute Gasteiger partial charge is 0.383 e. The molecule has 3 N–H and O–H groups in total. The van der Waals surface area contributed by atoms with Gasteiger partial charge in [-0.25, -0.2) is 0 Å². The van der Waals surface area contributed by atoms with Gasteiger partial charge in [-0.05, 0) is 24.3 Å². The summed E-state index contributed by atoms with van der Waals surface area (Å²) in [5.74, 6) is -0.0448. The summed E-state index contributed by atoms with van der Waals surface area (Å²) in [6, 6.07) is 7.59. The van der Waals surface area contributed by atoms with E-state index in [2.05, 4.69) is 15.6 Å². The van der Waals surface area contributed by atoms with E-state index in [1.165, 1.54) is 0 Å². The average Bonchev–Trinajstić information content (AvgIpc) is 2.89. The van der Waals surface area contributed by atoms with Crippen LogP contribution in [0.5, 0.6) is 0 Å². The number of nitrogens with one attached hydrogen (secondary N) is 3. The van der Waals surface area contributed by atoms with Crippen molar-refractivity contribution in [1.29, 1.82) is 0 Å². The number of carbonyl (C=O) groups excluding carboxylic acids is 1. The number of carbonyl (C=O) groups is 1. The molecule has 1 aromatic heterocycles. The molecular formula is C14H19N3O2. The molecule has 0 unspecified atom stereocenters. The van der Waals surface area contributed by atoms with Gasteiger partial charge in [0.1, 0.15) is 0 Å². The summed E-state index contributed by atoms with van der Waals surface area (Å²) in [5, 5.41) is 7.10. The molecule has 5 nitrogen and oxygen atoms in total. The Bertz CT molecular complexity index is 536. The monoisotopic (exact) mass is 261 g/mol. The predicted molar refractivity (Wildman–Crippen MR) is 75.4 cm³/mol. The van der Waals surface area contributed by atoms with Crippen molar-refractivity contribution in [2.75, 3.05) is 33.4 Å². The molecule has 2 aromatic rings. The van der Waals surface area contributed by atoms with Crippen LogP contribution in [-0.4, -0.2) is 44.2 Å². The lowest BCUT2D eigenvalue weighted by atomic mass is 10.1. The van der Waals surface area contributed by atoms with Crippen molar-refractivity contribution in [2.45, 2.75) is 0 Å². The van der Waals surface area contributed by atoms with Crippen LogP contribution >= 0.6 is 0 Å². The molecule has 0 spiro atoms. The minimum absolute atomic E-state index is 0.0448. The van der Waals surface area contributed by atoms with Crippen LogP contribution in [0, 0.1) is 0 Å².